The fourth-order valence-corrected chi connectivity index (χ4v) is 3.48. The largest absolute Gasteiger partial charge is 0.306 e. The van der Waals surface area contributed by atoms with Crippen molar-refractivity contribution in [2.75, 3.05) is 0 Å². The second-order valence-electron chi connectivity index (χ2n) is 5.47. The SMILES string of the molecule is CCn1c(SC(C)c2cccc([N+](=O)[O-])c2)nnc1C1CC1. The molecule has 1 atom stereocenters. The molecule has 1 heterocycles. The van der Waals surface area contributed by atoms with Crippen LogP contribution in [0.4, 0.5) is 5.69 Å². The Hall–Kier alpha value is -1.89. The number of nitro benzene ring substituents is 1. The van der Waals surface area contributed by atoms with Crippen LogP contribution in [0.5, 0.6) is 0 Å². The van der Waals surface area contributed by atoms with E-state index in [1.165, 1.54) is 18.9 Å². The molecule has 0 N–H and O–H groups in total. The first-order valence-electron chi connectivity index (χ1n) is 7.44. The lowest BCUT2D eigenvalue weighted by atomic mass is 10.1. The summed E-state index contributed by atoms with van der Waals surface area (Å²) in [7, 11) is 0. The number of nitro groups is 1. The first-order valence-corrected chi connectivity index (χ1v) is 8.32. The highest BCUT2D eigenvalue weighted by Crippen LogP contribution is 2.41. The zero-order valence-electron chi connectivity index (χ0n) is 12.6. The Morgan fingerprint density at radius 3 is 2.86 bits per heavy atom. The van der Waals surface area contributed by atoms with Crippen molar-refractivity contribution in [1.82, 2.24) is 14.8 Å². The molecule has 116 valence electrons. The van der Waals surface area contributed by atoms with Crippen LogP contribution < -0.4 is 0 Å². The van der Waals surface area contributed by atoms with Crippen molar-refractivity contribution in [3.8, 4) is 0 Å². The van der Waals surface area contributed by atoms with E-state index in [4.69, 9.17) is 0 Å². The van der Waals surface area contributed by atoms with Crippen LogP contribution in [0.1, 0.15) is 49.2 Å². The molecule has 6 nitrogen and oxygen atoms in total. The average molecular weight is 318 g/mol. The maximum atomic E-state index is 10.9. The highest BCUT2D eigenvalue weighted by molar-refractivity contribution is 7.99. The highest BCUT2D eigenvalue weighted by Gasteiger charge is 2.30. The van der Waals surface area contributed by atoms with Crippen molar-refractivity contribution in [3.63, 3.8) is 0 Å². The number of hydrogen-bond donors (Lipinski definition) is 0. The summed E-state index contributed by atoms with van der Waals surface area (Å²) in [4.78, 5) is 10.5. The Labute approximate surface area is 133 Å². The van der Waals surface area contributed by atoms with Crippen molar-refractivity contribution in [2.45, 2.75) is 49.6 Å². The lowest BCUT2D eigenvalue weighted by Crippen LogP contribution is -2.03. The minimum absolute atomic E-state index is 0.0847. The lowest BCUT2D eigenvalue weighted by Gasteiger charge is -2.12. The Bertz CT molecular complexity index is 697. The molecule has 0 aliphatic heterocycles. The molecule has 2 aromatic rings. The molecule has 1 saturated carbocycles. The molecular formula is C15H18N4O2S. The predicted octanol–water partition coefficient (Wildman–Crippen LogP) is 3.94. The standard InChI is InChI=1S/C15H18N4O2S/c1-3-18-14(11-7-8-11)16-17-15(18)22-10(2)12-5-4-6-13(9-12)19(20)21/h4-6,9-11H,3,7-8H2,1-2H3. The minimum atomic E-state index is -0.360. The number of hydrogen-bond acceptors (Lipinski definition) is 5. The number of rotatable bonds is 6. The van der Waals surface area contributed by atoms with Crippen molar-refractivity contribution in [1.29, 1.82) is 0 Å². The van der Waals surface area contributed by atoms with Gasteiger partial charge in [0.1, 0.15) is 5.82 Å². The summed E-state index contributed by atoms with van der Waals surface area (Å²) in [6.45, 7) is 4.98. The van der Waals surface area contributed by atoms with Crippen molar-refractivity contribution < 1.29 is 4.92 Å². The molecule has 1 aliphatic carbocycles. The third-order valence-corrected chi connectivity index (χ3v) is 4.98. The molecular weight excluding hydrogens is 300 g/mol. The summed E-state index contributed by atoms with van der Waals surface area (Å²) >= 11 is 1.60. The van der Waals surface area contributed by atoms with Gasteiger partial charge in [-0.05, 0) is 32.3 Å². The van der Waals surface area contributed by atoms with Gasteiger partial charge in [-0.3, -0.25) is 10.1 Å². The summed E-state index contributed by atoms with van der Waals surface area (Å²) in [5.74, 6) is 1.64. The van der Waals surface area contributed by atoms with Crippen LogP contribution in [0, 0.1) is 10.1 Å². The molecule has 22 heavy (non-hydrogen) atoms. The molecule has 0 radical (unpaired) electrons. The number of aromatic nitrogens is 3. The molecule has 7 heteroatoms. The van der Waals surface area contributed by atoms with Crippen molar-refractivity contribution in [3.05, 3.63) is 45.8 Å². The average Bonchev–Trinajstić information content (AvgIpc) is 3.29. The Kier molecular flexibility index (Phi) is 4.15. The number of non-ortho nitro benzene ring substituents is 1. The monoisotopic (exact) mass is 318 g/mol. The van der Waals surface area contributed by atoms with E-state index in [-0.39, 0.29) is 15.9 Å². The highest BCUT2D eigenvalue weighted by atomic mass is 32.2. The van der Waals surface area contributed by atoms with Gasteiger partial charge in [0, 0.05) is 29.8 Å². The van der Waals surface area contributed by atoms with Gasteiger partial charge in [-0.15, -0.1) is 10.2 Å². The van der Waals surface area contributed by atoms with Gasteiger partial charge < -0.3 is 4.57 Å². The first kappa shape index (κ1) is 15.0. The van der Waals surface area contributed by atoms with Gasteiger partial charge in [0.15, 0.2) is 5.16 Å². The molecule has 1 aromatic heterocycles. The molecule has 0 saturated heterocycles. The molecule has 1 aliphatic rings. The molecule has 1 unspecified atom stereocenters. The molecule has 0 spiro atoms. The lowest BCUT2D eigenvalue weighted by molar-refractivity contribution is -0.384. The van der Waals surface area contributed by atoms with Gasteiger partial charge in [0.25, 0.3) is 5.69 Å². The zero-order valence-corrected chi connectivity index (χ0v) is 13.4. The van der Waals surface area contributed by atoms with Gasteiger partial charge in [-0.1, -0.05) is 23.9 Å². The maximum Gasteiger partial charge on any atom is 0.269 e. The van der Waals surface area contributed by atoms with Gasteiger partial charge in [0.05, 0.1) is 4.92 Å². The van der Waals surface area contributed by atoms with Crippen LogP contribution >= 0.6 is 11.8 Å². The molecule has 1 aromatic carbocycles. The number of benzene rings is 1. The van der Waals surface area contributed by atoms with E-state index in [1.54, 1.807) is 23.9 Å². The summed E-state index contributed by atoms with van der Waals surface area (Å²) < 4.78 is 2.16. The van der Waals surface area contributed by atoms with Gasteiger partial charge in [-0.25, -0.2) is 0 Å². The van der Waals surface area contributed by atoms with Crippen LogP contribution in [0.25, 0.3) is 0 Å². The zero-order chi connectivity index (χ0) is 15.7. The molecule has 1 fully saturated rings. The first-order chi connectivity index (χ1) is 10.6. The van der Waals surface area contributed by atoms with Gasteiger partial charge in [0.2, 0.25) is 0 Å². The predicted molar refractivity (Wildman–Crippen MR) is 85.0 cm³/mol. The Balaban J connectivity index is 1.80. The molecule has 0 amide bonds. The van der Waals surface area contributed by atoms with Crippen LogP contribution in [0.15, 0.2) is 29.4 Å². The summed E-state index contributed by atoms with van der Waals surface area (Å²) in [5, 5.41) is 20.5. The minimum Gasteiger partial charge on any atom is -0.306 e. The van der Waals surface area contributed by atoms with E-state index in [2.05, 4.69) is 21.7 Å². The Morgan fingerprint density at radius 1 is 1.45 bits per heavy atom. The van der Waals surface area contributed by atoms with Crippen LogP contribution in [-0.2, 0) is 6.54 Å². The van der Waals surface area contributed by atoms with Crippen molar-refractivity contribution in [2.24, 2.45) is 0 Å². The molecule has 0 bridgehead atoms. The van der Waals surface area contributed by atoms with Gasteiger partial charge in [-0.2, -0.15) is 0 Å². The molecule has 3 rings (SSSR count). The Morgan fingerprint density at radius 2 is 2.23 bits per heavy atom. The fourth-order valence-electron chi connectivity index (χ4n) is 2.45. The second kappa shape index (κ2) is 6.08. The summed E-state index contributed by atoms with van der Waals surface area (Å²) in [6, 6.07) is 6.79. The van der Waals surface area contributed by atoms with E-state index < -0.39 is 0 Å². The van der Waals surface area contributed by atoms with Crippen LogP contribution in [0.3, 0.4) is 0 Å². The van der Waals surface area contributed by atoms with Crippen molar-refractivity contribution >= 4 is 17.4 Å². The smallest absolute Gasteiger partial charge is 0.269 e. The maximum absolute atomic E-state index is 10.9. The van der Waals surface area contributed by atoms with E-state index >= 15 is 0 Å². The van der Waals surface area contributed by atoms with Gasteiger partial charge >= 0.3 is 0 Å². The van der Waals surface area contributed by atoms with E-state index in [0.717, 1.165) is 23.1 Å². The summed E-state index contributed by atoms with van der Waals surface area (Å²) in [5.41, 5.74) is 1.05. The quantitative estimate of drug-likeness (QED) is 0.458. The second-order valence-corrected chi connectivity index (χ2v) is 6.78. The topological polar surface area (TPSA) is 73.8 Å². The van der Waals surface area contributed by atoms with E-state index in [9.17, 15) is 10.1 Å². The third-order valence-electron chi connectivity index (χ3n) is 3.84. The normalized spacial score (nSPS) is 15.7. The third kappa shape index (κ3) is 2.99. The summed E-state index contributed by atoms with van der Waals surface area (Å²) in [6.07, 6.45) is 2.40. The number of thioether (sulfide) groups is 1. The van der Waals surface area contributed by atoms with Crippen LogP contribution in [0.2, 0.25) is 0 Å². The number of nitrogens with zero attached hydrogens (tertiary/aromatic N) is 4. The van der Waals surface area contributed by atoms with E-state index in [0.29, 0.717) is 5.92 Å². The van der Waals surface area contributed by atoms with Crippen LogP contribution in [-0.4, -0.2) is 19.7 Å². The fraction of sp³-hybridized carbons (Fsp3) is 0.467. The van der Waals surface area contributed by atoms with E-state index in [1.807, 2.05) is 13.0 Å².